The first-order valence-corrected chi connectivity index (χ1v) is 7.06. The fourth-order valence-electron chi connectivity index (χ4n) is 1.21. The fraction of sp³-hybridized carbons (Fsp3) is 0.455. The zero-order chi connectivity index (χ0) is 14.6. The molecule has 0 saturated carbocycles. The number of carboxylic acid groups (broad SMARTS) is 1. The SMILES string of the molecule is CCC(C)(NC(=O)c1nc(SC)ncc1Cl)C(=O)O. The number of aromatic nitrogens is 2. The average Bonchev–Trinajstić information content (AvgIpc) is 2.38. The molecule has 0 radical (unpaired) electrons. The third-order valence-corrected chi connectivity index (χ3v) is 3.53. The van der Waals surface area contributed by atoms with Crippen LogP contribution >= 0.6 is 23.4 Å². The minimum atomic E-state index is -1.36. The van der Waals surface area contributed by atoms with Crippen molar-refractivity contribution in [3.05, 3.63) is 16.9 Å². The number of hydrogen-bond donors (Lipinski definition) is 2. The molecule has 2 N–H and O–H groups in total. The van der Waals surface area contributed by atoms with E-state index in [1.807, 2.05) is 0 Å². The van der Waals surface area contributed by atoms with Crippen LogP contribution in [0.1, 0.15) is 30.8 Å². The highest BCUT2D eigenvalue weighted by Crippen LogP contribution is 2.18. The number of thioether (sulfide) groups is 1. The van der Waals surface area contributed by atoms with Gasteiger partial charge in [-0.25, -0.2) is 14.8 Å². The van der Waals surface area contributed by atoms with Crippen LogP contribution in [0.2, 0.25) is 5.02 Å². The molecular weight excluding hydrogens is 290 g/mol. The molecule has 0 aliphatic rings. The summed E-state index contributed by atoms with van der Waals surface area (Å²) < 4.78 is 0. The number of amides is 1. The van der Waals surface area contributed by atoms with Crippen molar-refractivity contribution in [1.82, 2.24) is 15.3 Å². The monoisotopic (exact) mass is 303 g/mol. The Labute approximate surface area is 120 Å². The molecule has 6 nitrogen and oxygen atoms in total. The second kappa shape index (κ2) is 6.21. The van der Waals surface area contributed by atoms with E-state index in [1.165, 1.54) is 24.9 Å². The van der Waals surface area contributed by atoms with Crippen LogP contribution in [0.15, 0.2) is 11.4 Å². The van der Waals surface area contributed by atoms with E-state index in [9.17, 15) is 9.59 Å². The first-order chi connectivity index (χ1) is 8.84. The lowest BCUT2D eigenvalue weighted by Crippen LogP contribution is -2.52. The number of carbonyl (C=O) groups is 2. The van der Waals surface area contributed by atoms with Crippen molar-refractivity contribution in [2.45, 2.75) is 31.0 Å². The smallest absolute Gasteiger partial charge is 0.329 e. The van der Waals surface area contributed by atoms with E-state index in [0.29, 0.717) is 5.16 Å². The Hall–Kier alpha value is -1.34. The second-order valence-electron chi connectivity index (χ2n) is 4.00. The molecule has 1 atom stereocenters. The minimum absolute atomic E-state index is 0.0260. The zero-order valence-electron chi connectivity index (χ0n) is 10.7. The summed E-state index contributed by atoms with van der Waals surface area (Å²) in [4.78, 5) is 31.1. The summed E-state index contributed by atoms with van der Waals surface area (Å²) in [5, 5.41) is 12.0. The van der Waals surface area contributed by atoms with Gasteiger partial charge in [-0.1, -0.05) is 30.3 Å². The fourth-order valence-corrected chi connectivity index (χ4v) is 1.73. The van der Waals surface area contributed by atoms with Crippen molar-refractivity contribution in [3.8, 4) is 0 Å². The van der Waals surface area contributed by atoms with Gasteiger partial charge in [-0.3, -0.25) is 4.79 Å². The summed E-state index contributed by atoms with van der Waals surface area (Å²) in [6.45, 7) is 3.10. The van der Waals surface area contributed by atoms with Crippen LogP contribution in [0.3, 0.4) is 0 Å². The van der Waals surface area contributed by atoms with E-state index in [0.717, 1.165) is 0 Å². The maximum atomic E-state index is 12.1. The highest BCUT2D eigenvalue weighted by molar-refractivity contribution is 7.98. The Morgan fingerprint density at radius 2 is 2.21 bits per heavy atom. The molecule has 1 heterocycles. The van der Waals surface area contributed by atoms with Crippen LogP contribution in [-0.4, -0.2) is 38.7 Å². The third-order valence-electron chi connectivity index (χ3n) is 2.69. The van der Waals surface area contributed by atoms with Gasteiger partial charge in [0.2, 0.25) is 0 Å². The summed E-state index contributed by atoms with van der Waals surface area (Å²) in [6, 6.07) is 0. The molecule has 0 aromatic carbocycles. The van der Waals surface area contributed by atoms with E-state index in [2.05, 4.69) is 15.3 Å². The van der Waals surface area contributed by atoms with Crippen molar-refractivity contribution in [2.75, 3.05) is 6.26 Å². The Morgan fingerprint density at radius 3 is 2.68 bits per heavy atom. The van der Waals surface area contributed by atoms with Crippen molar-refractivity contribution in [2.24, 2.45) is 0 Å². The van der Waals surface area contributed by atoms with Crippen LogP contribution in [0, 0.1) is 0 Å². The summed E-state index contributed by atoms with van der Waals surface area (Å²) in [5.74, 6) is -1.74. The molecule has 1 aromatic rings. The van der Waals surface area contributed by atoms with Gasteiger partial charge in [0.15, 0.2) is 10.9 Å². The van der Waals surface area contributed by atoms with Crippen LogP contribution in [0.4, 0.5) is 0 Å². The Balaban J connectivity index is 3.04. The van der Waals surface area contributed by atoms with E-state index in [4.69, 9.17) is 16.7 Å². The number of nitrogens with zero attached hydrogens (tertiary/aromatic N) is 2. The van der Waals surface area contributed by atoms with Gasteiger partial charge >= 0.3 is 5.97 Å². The summed E-state index contributed by atoms with van der Waals surface area (Å²) in [6.07, 6.45) is 3.32. The first-order valence-electron chi connectivity index (χ1n) is 5.46. The number of carboxylic acids is 1. The Kier molecular flexibility index (Phi) is 5.13. The molecule has 1 aromatic heterocycles. The zero-order valence-corrected chi connectivity index (χ0v) is 12.3. The summed E-state index contributed by atoms with van der Waals surface area (Å²) >= 11 is 7.12. The number of rotatable bonds is 5. The van der Waals surface area contributed by atoms with Gasteiger partial charge in [0.05, 0.1) is 11.2 Å². The number of carbonyl (C=O) groups excluding carboxylic acids is 1. The molecule has 1 rings (SSSR count). The molecular formula is C11H14ClN3O3S. The molecule has 1 amide bonds. The lowest BCUT2D eigenvalue weighted by molar-refractivity contribution is -0.143. The molecule has 19 heavy (non-hydrogen) atoms. The molecule has 0 bridgehead atoms. The van der Waals surface area contributed by atoms with Crippen molar-refractivity contribution < 1.29 is 14.7 Å². The second-order valence-corrected chi connectivity index (χ2v) is 5.18. The van der Waals surface area contributed by atoms with Crippen molar-refractivity contribution in [3.63, 3.8) is 0 Å². The average molecular weight is 304 g/mol. The van der Waals surface area contributed by atoms with Crippen LogP contribution in [0.5, 0.6) is 0 Å². The van der Waals surface area contributed by atoms with Gasteiger partial charge in [-0.05, 0) is 19.6 Å². The Bertz CT molecular complexity index is 512. The predicted molar refractivity (Wildman–Crippen MR) is 72.6 cm³/mol. The van der Waals surface area contributed by atoms with Gasteiger partial charge in [0.25, 0.3) is 5.91 Å². The lowest BCUT2D eigenvalue weighted by Gasteiger charge is -2.24. The summed E-state index contributed by atoms with van der Waals surface area (Å²) in [7, 11) is 0. The first kappa shape index (κ1) is 15.7. The summed E-state index contributed by atoms with van der Waals surface area (Å²) in [5.41, 5.74) is -1.38. The topological polar surface area (TPSA) is 92.2 Å². The van der Waals surface area contributed by atoms with Crippen LogP contribution in [-0.2, 0) is 4.79 Å². The van der Waals surface area contributed by atoms with E-state index in [1.54, 1.807) is 13.2 Å². The number of hydrogen-bond acceptors (Lipinski definition) is 5. The van der Waals surface area contributed by atoms with E-state index < -0.39 is 17.4 Å². The number of halogens is 1. The maximum absolute atomic E-state index is 12.1. The van der Waals surface area contributed by atoms with E-state index in [-0.39, 0.29) is 17.1 Å². The van der Waals surface area contributed by atoms with Gasteiger partial charge < -0.3 is 10.4 Å². The standard InChI is InChI=1S/C11H14ClN3O3S/c1-4-11(2,9(17)18)15-8(16)7-6(12)5-13-10(14-7)19-3/h5H,4H2,1-3H3,(H,15,16)(H,17,18). The van der Waals surface area contributed by atoms with Gasteiger partial charge in [-0.2, -0.15) is 0 Å². The quantitative estimate of drug-likeness (QED) is 0.637. The molecule has 8 heteroatoms. The van der Waals surface area contributed by atoms with E-state index >= 15 is 0 Å². The number of nitrogens with one attached hydrogen (secondary N) is 1. The lowest BCUT2D eigenvalue weighted by atomic mass is 9.99. The van der Waals surface area contributed by atoms with Crippen molar-refractivity contribution in [1.29, 1.82) is 0 Å². The van der Waals surface area contributed by atoms with Gasteiger partial charge in [0, 0.05) is 0 Å². The molecule has 0 fully saturated rings. The molecule has 0 spiro atoms. The largest absolute Gasteiger partial charge is 0.480 e. The minimum Gasteiger partial charge on any atom is -0.480 e. The predicted octanol–water partition coefficient (Wildman–Crippen LogP) is 1.84. The van der Waals surface area contributed by atoms with Crippen molar-refractivity contribution >= 4 is 35.2 Å². The van der Waals surface area contributed by atoms with Gasteiger partial charge in [0.1, 0.15) is 5.54 Å². The van der Waals surface area contributed by atoms with Crippen LogP contribution < -0.4 is 5.32 Å². The molecule has 0 aliphatic carbocycles. The van der Waals surface area contributed by atoms with Crippen LogP contribution in [0.25, 0.3) is 0 Å². The molecule has 0 aliphatic heterocycles. The molecule has 104 valence electrons. The normalized spacial score (nSPS) is 13.7. The number of aliphatic carboxylic acids is 1. The van der Waals surface area contributed by atoms with Gasteiger partial charge in [-0.15, -0.1) is 0 Å². The highest BCUT2D eigenvalue weighted by Gasteiger charge is 2.34. The molecule has 0 saturated heterocycles. The third kappa shape index (κ3) is 3.57. The maximum Gasteiger partial charge on any atom is 0.329 e. The highest BCUT2D eigenvalue weighted by atomic mass is 35.5. The molecule has 1 unspecified atom stereocenters. The Morgan fingerprint density at radius 1 is 1.58 bits per heavy atom.